The lowest BCUT2D eigenvalue weighted by atomic mass is 9.86. The lowest BCUT2D eigenvalue weighted by Gasteiger charge is -2.20. The number of esters is 1. The van der Waals surface area contributed by atoms with Crippen LogP contribution < -0.4 is 10.1 Å². The van der Waals surface area contributed by atoms with E-state index in [9.17, 15) is 14.7 Å². The van der Waals surface area contributed by atoms with Crippen LogP contribution in [0.1, 0.15) is 50.5 Å². The van der Waals surface area contributed by atoms with Gasteiger partial charge in [0, 0.05) is 6.42 Å². The Bertz CT molecular complexity index is 715. The van der Waals surface area contributed by atoms with Crippen molar-refractivity contribution in [2.75, 3.05) is 0 Å². The molecule has 1 saturated heterocycles. The number of ether oxygens (including phenoxy) is 1. The molecule has 0 bridgehead atoms. The van der Waals surface area contributed by atoms with Gasteiger partial charge in [0.15, 0.2) is 5.56 Å². The molecular weight excluding hydrogens is 374 g/mol. The van der Waals surface area contributed by atoms with Crippen LogP contribution >= 0.6 is 23.4 Å². The molecule has 2 fully saturated rings. The summed E-state index contributed by atoms with van der Waals surface area (Å²) in [6, 6.07) is 5.09. The Labute approximate surface area is 162 Å². The average molecular weight is 396 g/mol. The second kappa shape index (κ2) is 8.93. The van der Waals surface area contributed by atoms with Crippen molar-refractivity contribution in [2.24, 2.45) is 5.92 Å². The normalized spacial score (nSPS) is 22.5. The van der Waals surface area contributed by atoms with Gasteiger partial charge >= 0.3 is 5.97 Å². The van der Waals surface area contributed by atoms with Gasteiger partial charge in [-0.3, -0.25) is 9.59 Å². The monoisotopic (exact) mass is 395 g/mol. The van der Waals surface area contributed by atoms with Crippen LogP contribution in [0, 0.1) is 5.92 Å². The molecule has 1 atom stereocenters. The fourth-order valence-corrected chi connectivity index (χ4v) is 4.30. The summed E-state index contributed by atoms with van der Waals surface area (Å²) in [5.74, 6) is 0.268. The standard InChI is InChI=1S/C19H22ClNO4S/c20-17-13(11-15-18(23)21-19(24)26-15)7-4-8-14(17)25-16(22)10-9-12-5-2-1-3-6-12/h4,7-8,11-12,19,24H,1-3,5-6,9-10H2,(H,21,23)/b15-11-. The van der Waals surface area contributed by atoms with E-state index in [0.29, 0.717) is 28.6 Å². The van der Waals surface area contributed by atoms with Crippen molar-refractivity contribution in [3.8, 4) is 5.75 Å². The van der Waals surface area contributed by atoms with E-state index in [1.54, 1.807) is 24.3 Å². The molecule has 140 valence electrons. The highest BCUT2D eigenvalue weighted by atomic mass is 35.5. The minimum atomic E-state index is -0.951. The van der Waals surface area contributed by atoms with Gasteiger partial charge in [-0.05, 0) is 30.0 Å². The van der Waals surface area contributed by atoms with Crippen molar-refractivity contribution in [1.82, 2.24) is 5.32 Å². The number of thioether (sulfide) groups is 1. The van der Waals surface area contributed by atoms with E-state index in [1.807, 2.05) is 0 Å². The molecule has 26 heavy (non-hydrogen) atoms. The van der Waals surface area contributed by atoms with Crippen molar-refractivity contribution in [3.05, 3.63) is 33.7 Å². The topological polar surface area (TPSA) is 75.6 Å². The first-order chi connectivity index (χ1) is 12.5. The molecule has 1 aliphatic carbocycles. The number of aliphatic hydroxyl groups is 1. The maximum absolute atomic E-state index is 12.2. The zero-order valence-corrected chi connectivity index (χ0v) is 15.9. The van der Waals surface area contributed by atoms with Gasteiger partial charge in [0.1, 0.15) is 5.75 Å². The zero-order valence-electron chi connectivity index (χ0n) is 14.4. The van der Waals surface area contributed by atoms with Gasteiger partial charge in [0.05, 0.1) is 9.93 Å². The van der Waals surface area contributed by atoms with E-state index in [1.165, 1.54) is 32.1 Å². The second-order valence-electron chi connectivity index (χ2n) is 6.63. The van der Waals surface area contributed by atoms with Crippen LogP contribution in [0.3, 0.4) is 0 Å². The smallest absolute Gasteiger partial charge is 0.311 e. The van der Waals surface area contributed by atoms with Crippen molar-refractivity contribution < 1.29 is 19.4 Å². The Morgan fingerprint density at radius 1 is 1.35 bits per heavy atom. The Morgan fingerprint density at radius 2 is 2.12 bits per heavy atom. The highest BCUT2D eigenvalue weighted by Crippen LogP contribution is 2.34. The van der Waals surface area contributed by atoms with Crippen LogP contribution in [-0.4, -0.2) is 22.5 Å². The molecule has 0 radical (unpaired) electrons. The number of carbonyl (C=O) groups excluding carboxylic acids is 2. The van der Waals surface area contributed by atoms with Crippen LogP contribution in [0.15, 0.2) is 23.1 Å². The molecule has 0 aromatic heterocycles. The number of aliphatic hydroxyl groups excluding tert-OH is 1. The van der Waals surface area contributed by atoms with E-state index in [4.69, 9.17) is 16.3 Å². The summed E-state index contributed by atoms with van der Waals surface area (Å²) in [6.07, 6.45) is 9.02. The Hall–Kier alpha value is -1.50. The summed E-state index contributed by atoms with van der Waals surface area (Å²) in [7, 11) is 0. The van der Waals surface area contributed by atoms with Crippen LogP contribution in [0.5, 0.6) is 5.75 Å². The summed E-state index contributed by atoms with van der Waals surface area (Å²) >= 11 is 7.35. The molecule has 5 nitrogen and oxygen atoms in total. The fraction of sp³-hybridized carbons (Fsp3) is 0.474. The maximum atomic E-state index is 12.2. The molecule has 1 saturated carbocycles. The molecule has 1 heterocycles. The van der Waals surface area contributed by atoms with Gasteiger partial charge in [-0.2, -0.15) is 0 Å². The van der Waals surface area contributed by atoms with E-state index in [-0.39, 0.29) is 16.9 Å². The van der Waals surface area contributed by atoms with Crippen molar-refractivity contribution >= 4 is 41.3 Å². The Morgan fingerprint density at radius 3 is 2.81 bits per heavy atom. The third-order valence-electron chi connectivity index (χ3n) is 4.70. The summed E-state index contributed by atoms with van der Waals surface area (Å²) in [6.45, 7) is 0. The quantitative estimate of drug-likeness (QED) is 0.446. The third-order valence-corrected chi connectivity index (χ3v) is 6.00. The van der Waals surface area contributed by atoms with E-state index >= 15 is 0 Å². The molecule has 7 heteroatoms. The SMILES string of the molecule is O=C(CCC1CCCCC1)Oc1cccc(/C=C2\SC(O)NC2=O)c1Cl. The second-order valence-corrected chi connectivity index (χ2v) is 8.13. The number of hydrogen-bond acceptors (Lipinski definition) is 5. The molecule has 1 amide bonds. The molecule has 1 aliphatic heterocycles. The van der Waals surface area contributed by atoms with E-state index in [2.05, 4.69) is 5.32 Å². The minimum Gasteiger partial charge on any atom is -0.425 e. The molecular formula is C19H22ClNO4S. The first-order valence-corrected chi connectivity index (χ1v) is 10.1. The minimum absolute atomic E-state index is 0.279. The van der Waals surface area contributed by atoms with Crippen LogP contribution in [0.2, 0.25) is 5.02 Å². The number of nitrogens with one attached hydrogen (secondary N) is 1. The number of benzene rings is 1. The molecule has 1 aromatic rings. The van der Waals surface area contributed by atoms with Crippen molar-refractivity contribution in [3.63, 3.8) is 0 Å². The van der Waals surface area contributed by atoms with Gasteiger partial charge in [-0.25, -0.2) is 0 Å². The Balaban J connectivity index is 1.62. The number of rotatable bonds is 5. The first kappa shape index (κ1) is 19.3. The lowest BCUT2D eigenvalue weighted by molar-refractivity contribution is -0.134. The molecule has 2 aliphatic rings. The van der Waals surface area contributed by atoms with E-state index in [0.717, 1.165) is 18.2 Å². The number of halogens is 1. The number of carbonyl (C=O) groups is 2. The predicted octanol–water partition coefficient (Wildman–Crippen LogP) is 4.09. The first-order valence-electron chi connectivity index (χ1n) is 8.89. The summed E-state index contributed by atoms with van der Waals surface area (Å²) < 4.78 is 5.43. The summed E-state index contributed by atoms with van der Waals surface area (Å²) in [4.78, 5) is 24.2. The highest BCUT2D eigenvalue weighted by molar-refractivity contribution is 8.05. The van der Waals surface area contributed by atoms with Crippen LogP contribution in [0.25, 0.3) is 6.08 Å². The van der Waals surface area contributed by atoms with Crippen LogP contribution in [-0.2, 0) is 9.59 Å². The summed E-state index contributed by atoms with van der Waals surface area (Å²) in [5.41, 5.74) is -0.385. The summed E-state index contributed by atoms with van der Waals surface area (Å²) in [5, 5.41) is 12.1. The maximum Gasteiger partial charge on any atom is 0.311 e. The zero-order chi connectivity index (χ0) is 18.5. The van der Waals surface area contributed by atoms with E-state index < -0.39 is 5.56 Å². The van der Waals surface area contributed by atoms with Crippen molar-refractivity contribution in [2.45, 2.75) is 50.5 Å². The van der Waals surface area contributed by atoms with Gasteiger partial charge in [0.2, 0.25) is 0 Å². The van der Waals surface area contributed by atoms with Gasteiger partial charge in [-0.1, -0.05) is 67.6 Å². The largest absolute Gasteiger partial charge is 0.425 e. The third kappa shape index (κ3) is 5.02. The molecule has 1 aromatic carbocycles. The van der Waals surface area contributed by atoms with Gasteiger partial charge < -0.3 is 15.2 Å². The molecule has 3 rings (SSSR count). The highest BCUT2D eigenvalue weighted by Gasteiger charge is 2.25. The average Bonchev–Trinajstić information content (AvgIpc) is 2.95. The predicted molar refractivity (Wildman–Crippen MR) is 103 cm³/mol. The van der Waals surface area contributed by atoms with Gasteiger partial charge in [0.25, 0.3) is 5.91 Å². The molecule has 2 N–H and O–H groups in total. The fourth-order valence-electron chi connectivity index (χ4n) is 3.32. The molecule has 1 unspecified atom stereocenters. The van der Waals surface area contributed by atoms with Crippen molar-refractivity contribution in [1.29, 1.82) is 0 Å². The Kier molecular flexibility index (Phi) is 6.62. The lowest BCUT2D eigenvalue weighted by Crippen LogP contribution is -2.23. The number of hydrogen-bond donors (Lipinski definition) is 2. The molecule has 0 spiro atoms. The van der Waals surface area contributed by atoms with Crippen LogP contribution in [0.4, 0.5) is 0 Å². The van der Waals surface area contributed by atoms with Gasteiger partial charge in [-0.15, -0.1) is 0 Å². The number of amides is 1.